The molecular formula is C21H18N4O2. The first-order chi connectivity index (χ1) is 13.2. The first-order valence-electron chi connectivity index (χ1n) is 8.69. The van der Waals surface area contributed by atoms with E-state index in [1.54, 1.807) is 18.2 Å². The van der Waals surface area contributed by atoms with Gasteiger partial charge < -0.3 is 20.4 Å². The standard InChI is InChI=1S/C21H18N4O2/c22-11-13-1-3-19-15(7-13)9-17(21(27)25-19)20-10-16-8-14(12-23-5-6-26)2-4-18(16)24-20/h1-4,7-10,23-24,26H,5-6,12H2,(H,25,27). The summed E-state index contributed by atoms with van der Waals surface area (Å²) in [5.74, 6) is 0. The van der Waals surface area contributed by atoms with Gasteiger partial charge in [-0.25, -0.2) is 0 Å². The molecular weight excluding hydrogens is 340 g/mol. The van der Waals surface area contributed by atoms with Crippen LogP contribution in [0.2, 0.25) is 0 Å². The van der Waals surface area contributed by atoms with Gasteiger partial charge in [0, 0.05) is 34.9 Å². The highest BCUT2D eigenvalue weighted by Gasteiger charge is 2.10. The van der Waals surface area contributed by atoms with Crippen molar-refractivity contribution in [2.24, 2.45) is 0 Å². The molecule has 0 amide bonds. The molecule has 0 fully saturated rings. The second-order valence-electron chi connectivity index (χ2n) is 6.43. The van der Waals surface area contributed by atoms with Crippen LogP contribution in [0.5, 0.6) is 0 Å². The predicted octanol–water partition coefficient (Wildman–Crippen LogP) is 2.63. The summed E-state index contributed by atoms with van der Waals surface area (Å²) >= 11 is 0. The molecule has 0 radical (unpaired) electrons. The van der Waals surface area contributed by atoms with E-state index in [1.165, 1.54) is 0 Å². The van der Waals surface area contributed by atoms with Crippen molar-refractivity contribution in [2.45, 2.75) is 6.54 Å². The molecule has 0 aliphatic heterocycles. The van der Waals surface area contributed by atoms with Gasteiger partial charge in [-0.1, -0.05) is 6.07 Å². The molecule has 0 aliphatic rings. The lowest BCUT2D eigenvalue weighted by Gasteiger charge is -2.02. The summed E-state index contributed by atoms with van der Waals surface area (Å²) in [5, 5.41) is 22.9. The Balaban J connectivity index is 1.76. The van der Waals surface area contributed by atoms with Crippen molar-refractivity contribution in [2.75, 3.05) is 13.2 Å². The van der Waals surface area contributed by atoms with Crippen LogP contribution in [0.25, 0.3) is 33.1 Å². The summed E-state index contributed by atoms with van der Waals surface area (Å²) in [7, 11) is 0. The summed E-state index contributed by atoms with van der Waals surface area (Å²) < 4.78 is 0. The SMILES string of the molecule is N#Cc1ccc2[nH]c(=O)c(-c3cc4cc(CNCCO)ccc4[nH]3)cc2c1. The molecule has 2 aromatic heterocycles. The molecule has 0 spiro atoms. The molecule has 0 saturated carbocycles. The Morgan fingerprint density at radius 3 is 2.59 bits per heavy atom. The van der Waals surface area contributed by atoms with E-state index in [0.29, 0.717) is 29.7 Å². The van der Waals surface area contributed by atoms with Crippen molar-refractivity contribution < 1.29 is 5.11 Å². The largest absolute Gasteiger partial charge is 0.395 e. The number of aliphatic hydroxyl groups is 1. The van der Waals surface area contributed by atoms with Crippen LogP contribution in [0.3, 0.4) is 0 Å². The lowest BCUT2D eigenvalue weighted by atomic mass is 10.1. The third-order valence-corrected chi connectivity index (χ3v) is 4.57. The number of aliphatic hydroxyl groups excluding tert-OH is 1. The van der Waals surface area contributed by atoms with Gasteiger partial charge in [-0.05, 0) is 48.0 Å². The molecule has 4 rings (SSSR count). The molecule has 6 nitrogen and oxygen atoms in total. The average Bonchev–Trinajstić information content (AvgIpc) is 3.10. The van der Waals surface area contributed by atoms with Crippen molar-refractivity contribution in [1.29, 1.82) is 5.26 Å². The van der Waals surface area contributed by atoms with Crippen LogP contribution in [0.15, 0.2) is 53.3 Å². The number of hydrogen-bond donors (Lipinski definition) is 4. The molecule has 0 bridgehead atoms. The molecule has 4 N–H and O–H groups in total. The zero-order valence-corrected chi connectivity index (χ0v) is 14.5. The van der Waals surface area contributed by atoms with Gasteiger partial charge in [0.2, 0.25) is 0 Å². The van der Waals surface area contributed by atoms with E-state index in [4.69, 9.17) is 10.4 Å². The number of nitrogens with zero attached hydrogens (tertiary/aromatic N) is 1. The third kappa shape index (κ3) is 3.34. The van der Waals surface area contributed by atoms with E-state index in [9.17, 15) is 4.79 Å². The van der Waals surface area contributed by atoms with Gasteiger partial charge in [-0.15, -0.1) is 0 Å². The maximum Gasteiger partial charge on any atom is 0.257 e. The molecule has 2 heterocycles. The molecule has 2 aromatic carbocycles. The summed E-state index contributed by atoms with van der Waals surface area (Å²) in [6, 6.07) is 17.1. The molecule has 4 aromatic rings. The van der Waals surface area contributed by atoms with Crippen LogP contribution in [0, 0.1) is 11.3 Å². The lowest BCUT2D eigenvalue weighted by Crippen LogP contribution is -2.17. The smallest absolute Gasteiger partial charge is 0.257 e. The van der Waals surface area contributed by atoms with E-state index < -0.39 is 0 Å². The second-order valence-corrected chi connectivity index (χ2v) is 6.43. The van der Waals surface area contributed by atoms with Gasteiger partial charge in [0.15, 0.2) is 0 Å². The highest BCUT2D eigenvalue weighted by Crippen LogP contribution is 2.25. The first-order valence-corrected chi connectivity index (χ1v) is 8.69. The summed E-state index contributed by atoms with van der Waals surface area (Å²) in [6.07, 6.45) is 0. The van der Waals surface area contributed by atoms with Crippen LogP contribution in [-0.4, -0.2) is 28.2 Å². The topological polar surface area (TPSA) is 105 Å². The van der Waals surface area contributed by atoms with Gasteiger partial charge in [0.1, 0.15) is 0 Å². The lowest BCUT2D eigenvalue weighted by molar-refractivity contribution is 0.292. The summed E-state index contributed by atoms with van der Waals surface area (Å²) in [6.45, 7) is 1.33. The fourth-order valence-corrected chi connectivity index (χ4v) is 3.23. The third-order valence-electron chi connectivity index (χ3n) is 4.57. The number of nitriles is 1. The highest BCUT2D eigenvalue weighted by molar-refractivity contribution is 5.89. The van der Waals surface area contributed by atoms with Gasteiger partial charge in [-0.2, -0.15) is 5.26 Å². The van der Waals surface area contributed by atoms with E-state index in [-0.39, 0.29) is 12.2 Å². The fourth-order valence-electron chi connectivity index (χ4n) is 3.23. The Morgan fingerprint density at radius 2 is 1.78 bits per heavy atom. The minimum absolute atomic E-state index is 0.106. The zero-order chi connectivity index (χ0) is 18.8. The van der Waals surface area contributed by atoms with E-state index in [1.807, 2.05) is 24.3 Å². The fraction of sp³-hybridized carbons (Fsp3) is 0.143. The number of pyridine rings is 1. The highest BCUT2D eigenvalue weighted by atomic mass is 16.3. The van der Waals surface area contributed by atoms with Gasteiger partial charge in [0.05, 0.1) is 29.5 Å². The number of H-pyrrole nitrogens is 2. The summed E-state index contributed by atoms with van der Waals surface area (Å²) in [5.41, 5.74) is 4.40. The van der Waals surface area contributed by atoms with Gasteiger partial charge in [-0.3, -0.25) is 4.79 Å². The molecule has 0 unspecified atom stereocenters. The van der Waals surface area contributed by atoms with Crippen LogP contribution < -0.4 is 10.9 Å². The van der Waals surface area contributed by atoms with Crippen LogP contribution in [0.4, 0.5) is 0 Å². The normalized spacial score (nSPS) is 11.1. The second kappa shape index (κ2) is 7.08. The monoisotopic (exact) mass is 358 g/mol. The number of aromatic amines is 2. The number of rotatable bonds is 5. The molecule has 0 aliphatic carbocycles. The Kier molecular flexibility index (Phi) is 4.47. The van der Waals surface area contributed by atoms with Gasteiger partial charge in [0.25, 0.3) is 5.56 Å². The molecule has 0 saturated heterocycles. The number of nitrogens with one attached hydrogen (secondary N) is 3. The maximum absolute atomic E-state index is 12.5. The van der Waals surface area contributed by atoms with Crippen molar-refractivity contribution >= 4 is 21.8 Å². The van der Waals surface area contributed by atoms with Gasteiger partial charge >= 0.3 is 0 Å². The van der Waals surface area contributed by atoms with Crippen molar-refractivity contribution in [3.63, 3.8) is 0 Å². The van der Waals surface area contributed by atoms with E-state index in [0.717, 1.165) is 27.5 Å². The average molecular weight is 358 g/mol. The zero-order valence-electron chi connectivity index (χ0n) is 14.5. The van der Waals surface area contributed by atoms with Crippen molar-refractivity contribution in [3.8, 4) is 17.3 Å². The van der Waals surface area contributed by atoms with E-state index in [2.05, 4.69) is 27.4 Å². The number of fused-ring (bicyclic) bond motifs is 2. The molecule has 0 atom stereocenters. The van der Waals surface area contributed by atoms with Crippen LogP contribution in [-0.2, 0) is 6.54 Å². The molecule has 134 valence electrons. The molecule has 6 heteroatoms. The Morgan fingerprint density at radius 1 is 1.00 bits per heavy atom. The number of benzene rings is 2. The quantitative estimate of drug-likeness (QED) is 0.412. The van der Waals surface area contributed by atoms with Crippen LogP contribution in [0.1, 0.15) is 11.1 Å². The number of hydrogen-bond acceptors (Lipinski definition) is 4. The number of aromatic nitrogens is 2. The Bertz CT molecular complexity index is 1230. The van der Waals surface area contributed by atoms with Crippen molar-refractivity contribution in [1.82, 2.24) is 15.3 Å². The minimum Gasteiger partial charge on any atom is -0.395 e. The maximum atomic E-state index is 12.5. The predicted molar refractivity (Wildman–Crippen MR) is 105 cm³/mol. The van der Waals surface area contributed by atoms with Crippen molar-refractivity contribution in [3.05, 3.63) is 70.0 Å². The molecule has 27 heavy (non-hydrogen) atoms. The first kappa shape index (κ1) is 17.0. The van der Waals surface area contributed by atoms with E-state index >= 15 is 0 Å². The Labute approximate surface area is 155 Å². The summed E-state index contributed by atoms with van der Waals surface area (Å²) in [4.78, 5) is 18.7. The Hall–Kier alpha value is -3.40. The van der Waals surface area contributed by atoms with Crippen LogP contribution >= 0.6 is 0 Å². The minimum atomic E-state index is -0.177.